The van der Waals surface area contributed by atoms with Crippen LogP contribution in [0, 0.1) is 5.82 Å². The van der Waals surface area contributed by atoms with Gasteiger partial charge in [0, 0.05) is 5.02 Å². The summed E-state index contributed by atoms with van der Waals surface area (Å²) < 4.78 is 56.8. The molecule has 0 radical (unpaired) electrons. The summed E-state index contributed by atoms with van der Waals surface area (Å²) in [5.41, 5.74) is 2.65. The minimum atomic E-state index is -4.55. The number of hydrogen-bond donors (Lipinski definition) is 0. The summed E-state index contributed by atoms with van der Waals surface area (Å²) in [6, 6.07) is 34.1. The van der Waals surface area contributed by atoms with E-state index in [1.165, 1.54) is 24.3 Å². The zero-order valence-corrected chi connectivity index (χ0v) is 26.4. The van der Waals surface area contributed by atoms with E-state index < -0.39 is 28.4 Å². The predicted octanol–water partition coefficient (Wildman–Crippen LogP) is 8.43. The van der Waals surface area contributed by atoms with E-state index in [0.29, 0.717) is 11.1 Å². The maximum absolute atomic E-state index is 15.6. The van der Waals surface area contributed by atoms with Crippen LogP contribution in [0.5, 0.6) is 5.75 Å². The van der Waals surface area contributed by atoms with Crippen LogP contribution in [0.2, 0.25) is 5.02 Å². The first-order valence-electron chi connectivity index (χ1n) is 13.5. The van der Waals surface area contributed by atoms with Gasteiger partial charge >= 0.3 is 5.97 Å². The maximum atomic E-state index is 15.6. The molecule has 0 amide bonds. The van der Waals surface area contributed by atoms with Gasteiger partial charge < -0.3 is 9.47 Å². The van der Waals surface area contributed by atoms with E-state index in [2.05, 4.69) is 15.9 Å². The first kappa shape index (κ1) is 31.3. The summed E-state index contributed by atoms with van der Waals surface area (Å²) in [6.07, 6.45) is 0. The predicted molar refractivity (Wildman–Crippen MR) is 173 cm³/mol. The molecule has 0 saturated carbocycles. The summed E-state index contributed by atoms with van der Waals surface area (Å²) in [5.74, 6) is -1.61. The van der Waals surface area contributed by atoms with E-state index in [0.717, 1.165) is 15.4 Å². The van der Waals surface area contributed by atoms with Gasteiger partial charge in [-0.3, -0.25) is 4.31 Å². The largest absolute Gasteiger partial charge is 0.479 e. The van der Waals surface area contributed by atoms with E-state index in [1.54, 1.807) is 36.4 Å². The molecular weight excluding hydrogens is 669 g/mol. The van der Waals surface area contributed by atoms with Crippen molar-refractivity contribution < 1.29 is 27.1 Å². The Balaban J connectivity index is 1.53. The Kier molecular flexibility index (Phi) is 9.99. The molecule has 5 aromatic carbocycles. The van der Waals surface area contributed by atoms with Gasteiger partial charge in [0.05, 0.1) is 16.7 Å². The van der Waals surface area contributed by atoms with Gasteiger partial charge in [-0.05, 0) is 62.4 Å². The van der Waals surface area contributed by atoms with Gasteiger partial charge in [0.1, 0.15) is 17.3 Å². The van der Waals surface area contributed by atoms with Crippen LogP contribution < -0.4 is 9.04 Å². The molecule has 0 fully saturated rings. The summed E-state index contributed by atoms with van der Waals surface area (Å²) in [7, 11) is -4.55. The van der Waals surface area contributed by atoms with Gasteiger partial charge in [0.25, 0.3) is 10.0 Å². The second-order valence-corrected chi connectivity index (χ2v) is 12.8. The third-order valence-corrected chi connectivity index (χ3v) is 9.18. The van der Waals surface area contributed by atoms with Crippen LogP contribution in [0.25, 0.3) is 11.1 Å². The molecule has 0 N–H and O–H groups in total. The van der Waals surface area contributed by atoms with Crippen LogP contribution in [0.4, 0.5) is 10.1 Å². The smallest absolute Gasteiger partial charge is 0.344 e. The van der Waals surface area contributed by atoms with E-state index >= 15 is 4.39 Å². The number of anilines is 1. The number of hydrogen-bond acceptors (Lipinski definition) is 5. The minimum Gasteiger partial charge on any atom is -0.479 e. The lowest BCUT2D eigenvalue weighted by molar-refractivity contribution is -0.147. The van der Waals surface area contributed by atoms with Crippen molar-refractivity contribution in [1.82, 2.24) is 0 Å². The second-order valence-electron chi connectivity index (χ2n) is 9.68. The fraction of sp³-hybridized carbons (Fsp3) is 0.0882. The van der Waals surface area contributed by atoms with E-state index in [9.17, 15) is 13.2 Å². The molecule has 0 aliphatic rings. The Morgan fingerprint density at radius 2 is 1.41 bits per heavy atom. The minimum absolute atomic E-state index is 0.0257. The van der Waals surface area contributed by atoms with Crippen LogP contribution in [-0.2, 0) is 32.7 Å². The molecule has 0 spiro atoms. The molecule has 224 valence electrons. The third-order valence-electron chi connectivity index (χ3n) is 6.61. The molecule has 0 aliphatic carbocycles. The van der Waals surface area contributed by atoms with Gasteiger partial charge in [-0.25, -0.2) is 17.6 Å². The monoisotopic (exact) mass is 693 g/mol. The Morgan fingerprint density at radius 3 is 2.07 bits per heavy atom. The number of carbonyl (C=O) groups is 1. The average Bonchev–Trinajstić information content (AvgIpc) is 3.03. The topological polar surface area (TPSA) is 72.9 Å². The zero-order chi connectivity index (χ0) is 31.1. The SMILES string of the molecule is O=C(COc1c(Br)cc(Cl)cc1S(=O)(=O)N(Cc1ccccc1)c1cc(-c2ccccc2)ccc1F)OCc1ccccc1. The Hall–Kier alpha value is -4.18. The summed E-state index contributed by atoms with van der Waals surface area (Å²) in [5, 5.41) is 0.0904. The van der Waals surface area contributed by atoms with Gasteiger partial charge in [-0.15, -0.1) is 0 Å². The molecule has 0 bridgehead atoms. The zero-order valence-electron chi connectivity index (χ0n) is 23.2. The molecule has 5 rings (SSSR count). The van der Waals surface area contributed by atoms with Crippen LogP contribution in [0.15, 0.2) is 131 Å². The molecule has 0 aromatic heterocycles. The lowest BCUT2D eigenvalue weighted by Crippen LogP contribution is -2.32. The summed E-state index contributed by atoms with van der Waals surface area (Å²) in [6.45, 7) is -0.745. The van der Waals surface area contributed by atoms with E-state index in [-0.39, 0.29) is 39.0 Å². The first-order chi connectivity index (χ1) is 21.2. The fourth-order valence-electron chi connectivity index (χ4n) is 4.46. The van der Waals surface area contributed by atoms with Crippen molar-refractivity contribution in [2.45, 2.75) is 18.0 Å². The van der Waals surface area contributed by atoms with Crippen molar-refractivity contribution in [3.63, 3.8) is 0 Å². The molecule has 44 heavy (non-hydrogen) atoms. The third kappa shape index (κ3) is 7.48. The fourth-order valence-corrected chi connectivity index (χ4v) is 7.22. The van der Waals surface area contributed by atoms with Crippen LogP contribution in [-0.4, -0.2) is 21.0 Å². The van der Waals surface area contributed by atoms with Crippen molar-refractivity contribution in [2.75, 3.05) is 10.9 Å². The van der Waals surface area contributed by atoms with Gasteiger partial charge in [0.2, 0.25) is 0 Å². The number of ether oxygens (including phenoxy) is 2. The van der Waals surface area contributed by atoms with Crippen molar-refractivity contribution >= 4 is 49.2 Å². The number of rotatable bonds is 11. The van der Waals surface area contributed by atoms with Gasteiger partial charge in [-0.2, -0.15) is 0 Å². The number of sulfonamides is 1. The molecule has 6 nitrogen and oxygen atoms in total. The molecular formula is C34H26BrClFNO5S. The Labute approximate surface area is 268 Å². The molecule has 0 heterocycles. The van der Waals surface area contributed by atoms with Crippen molar-refractivity contribution in [2.24, 2.45) is 0 Å². The van der Waals surface area contributed by atoms with E-state index in [4.69, 9.17) is 21.1 Å². The van der Waals surface area contributed by atoms with Crippen molar-refractivity contribution in [3.05, 3.63) is 148 Å². The average molecular weight is 695 g/mol. The highest BCUT2D eigenvalue weighted by molar-refractivity contribution is 9.10. The highest BCUT2D eigenvalue weighted by Crippen LogP contribution is 2.40. The highest BCUT2D eigenvalue weighted by atomic mass is 79.9. The summed E-state index contributed by atoms with van der Waals surface area (Å²) >= 11 is 9.65. The van der Waals surface area contributed by atoms with Crippen molar-refractivity contribution in [1.29, 1.82) is 0 Å². The van der Waals surface area contributed by atoms with Crippen LogP contribution in [0.1, 0.15) is 11.1 Å². The first-order valence-corrected chi connectivity index (χ1v) is 16.1. The standard InChI is InChI=1S/C34H26BrClFNO5S/c35-29-19-28(36)20-32(34(29)43-23-33(39)42-22-25-12-6-2-7-13-25)44(40,41)38(21-24-10-4-1-5-11-24)31-18-27(16-17-30(31)37)26-14-8-3-9-15-26/h1-20H,21-23H2. The second kappa shape index (κ2) is 14.1. The van der Waals surface area contributed by atoms with Crippen LogP contribution in [0.3, 0.4) is 0 Å². The molecule has 0 saturated heterocycles. The van der Waals surface area contributed by atoms with Gasteiger partial charge in [0.15, 0.2) is 12.4 Å². The molecule has 0 atom stereocenters. The molecule has 0 unspecified atom stereocenters. The van der Waals surface area contributed by atoms with Crippen molar-refractivity contribution in [3.8, 4) is 16.9 Å². The van der Waals surface area contributed by atoms with Gasteiger partial charge in [-0.1, -0.05) is 109 Å². The maximum Gasteiger partial charge on any atom is 0.344 e. The number of carbonyl (C=O) groups excluding carboxylic acids is 1. The molecule has 10 heteroatoms. The Bertz CT molecular complexity index is 1860. The molecule has 0 aliphatic heterocycles. The lowest BCUT2D eigenvalue weighted by Gasteiger charge is -2.27. The number of halogens is 3. The lowest BCUT2D eigenvalue weighted by atomic mass is 10.0. The highest BCUT2D eigenvalue weighted by Gasteiger charge is 2.32. The summed E-state index contributed by atoms with van der Waals surface area (Å²) in [4.78, 5) is 12.2. The Morgan fingerprint density at radius 1 is 0.795 bits per heavy atom. The normalized spacial score (nSPS) is 11.2. The van der Waals surface area contributed by atoms with Crippen LogP contribution >= 0.6 is 27.5 Å². The number of esters is 1. The number of benzene rings is 5. The number of nitrogens with zero attached hydrogens (tertiary/aromatic N) is 1. The van der Waals surface area contributed by atoms with E-state index in [1.807, 2.05) is 60.7 Å². The molecule has 5 aromatic rings. The quantitative estimate of drug-likeness (QED) is 0.130.